The third kappa shape index (κ3) is 5.46. The molecule has 0 aromatic rings. The maximum absolute atomic E-state index is 11.8. The van der Waals surface area contributed by atoms with Crippen molar-refractivity contribution < 1.29 is 22.7 Å². The fourth-order valence-electron chi connectivity index (χ4n) is 1.79. The molecule has 1 aliphatic heterocycles. The Kier molecular flexibility index (Phi) is 5.21. The first-order chi connectivity index (χ1) is 7.51. The number of rotatable bonds is 5. The molecule has 1 fully saturated rings. The van der Waals surface area contributed by atoms with Gasteiger partial charge >= 0.3 is 6.18 Å². The second kappa shape index (κ2) is 6.20. The summed E-state index contributed by atoms with van der Waals surface area (Å²) in [5.74, 6) is 0.0244. The number of ether oxygens (including phenoxy) is 1. The minimum atomic E-state index is -4.26. The maximum Gasteiger partial charge on any atom is 0.411 e. The van der Waals surface area contributed by atoms with Gasteiger partial charge in [-0.2, -0.15) is 13.2 Å². The Hall–Kier alpha value is -0.620. The van der Waals surface area contributed by atoms with Crippen molar-refractivity contribution in [1.29, 1.82) is 0 Å². The van der Waals surface area contributed by atoms with Gasteiger partial charge in [0.1, 0.15) is 12.9 Å². The van der Waals surface area contributed by atoms with Crippen molar-refractivity contribution in [2.45, 2.75) is 19.0 Å². The second-order valence-corrected chi connectivity index (χ2v) is 4.01. The first kappa shape index (κ1) is 13.4. The lowest BCUT2D eigenvalue weighted by molar-refractivity contribution is -0.174. The molecular formula is C10H16F3NO2. The van der Waals surface area contributed by atoms with E-state index < -0.39 is 12.8 Å². The van der Waals surface area contributed by atoms with E-state index in [4.69, 9.17) is 0 Å². The van der Waals surface area contributed by atoms with E-state index in [-0.39, 0.29) is 12.5 Å². The highest BCUT2D eigenvalue weighted by Gasteiger charge is 2.27. The summed E-state index contributed by atoms with van der Waals surface area (Å²) in [5.41, 5.74) is 0. The molecule has 0 spiro atoms. The highest BCUT2D eigenvalue weighted by atomic mass is 19.4. The van der Waals surface area contributed by atoms with Crippen molar-refractivity contribution in [3.8, 4) is 0 Å². The topological polar surface area (TPSA) is 29.5 Å². The Morgan fingerprint density at radius 3 is 2.81 bits per heavy atom. The van der Waals surface area contributed by atoms with Crippen LogP contribution in [0.2, 0.25) is 0 Å². The van der Waals surface area contributed by atoms with Crippen LogP contribution in [0.25, 0.3) is 0 Å². The van der Waals surface area contributed by atoms with Crippen LogP contribution in [-0.4, -0.2) is 50.2 Å². The number of likely N-dealkylation sites (tertiary alicyclic amines) is 1. The highest BCUT2D eigenvalue weighted by Crippen LogP contribution is 2.15. The monoisotopic (exact) mass is 239 g/mol. The van der Waals surface area contributed by atoms with Crippen molar-refractivity contribution in [2.24, 2.45) is 5.92 Å². The van der Waals surface area contributed by atoms with Crippen LogP contribution in [-0.2, 0) is 9.53 Å². The molecule has 1 saturated heterocycles. The van der Waals surface area contributed by atoms with Gasteiger partial charge in [0.25, 0.3) is 0 Å². The largest absolute Gasteiger partial charge is 0.411 e. The summed E-state index contributed by atoms with van der Waals surface area (Å²) < 4.78 is 39.8. The molecule has 16 heavy (non-hydrogen) atoms. The van der Waals surface area contributed by atoms with Gasteiger partial charge in [-0.3, -0.25) is 0 Å². The zero-order valence-corrected chi connectivity index (χ0v) is 9.00. The van der Waals surface area contributed by atoms with Gasteiger partial charge in [0, 0.05) is 19.0 Å². The number of carbonyl (C=O) groups excluding carboxylic acids is 1. The minimum Gasteiger partial charge on any atom is -0.371 e. The first-order valence-electron chi connectivity index (χ1n) is 5.33. The third-order valence-corrected chi connectivity index (χ3v) is 2.55. The quantitative estimate of drug-likeness (QED) is 0.537. The van der Waals surface area contributed by atoms with Crippen LogP contribution in [0.5, 0.6) is 0 Å². The molecule has 1 atom stereocenters. The fourth-order valence-corrected chi connectivity index (χ4v) is 1.79. The molecular weight excluding hydrogens is 223 g/mol. The maximum atomic E-state index is 11.8. The zero-order valence-electron chi connectivity index (χ0n) is 9.00. The van der Waals surface area contributed by atoms with Crippen molar-refractivity contribution >= 4 is 6.29 Å². The first-order valence-corrected chi connectivity index (χ1v) is 5.33. The van der Waals surface area contributed by atoms with Crippen molar-refractivity contribution in [3.63, 3.8) is 0 Å². The number of halogens is 3. The van der Waals surface area contributed by atoms with E-state index in [2.05, 4.69) is 4.74 Å². The van der Waals surface area contributed by atoms with E-state index in [1.807, 2.05) is 4.90 Å². The van der Waals surface area contributed by atoms with E-state index in [0.29, 0.717) is 13.1 Å². The Morgan fingerprint density at radius 2 is 2.19 bits per heavy atom. The number of alkyl halides is 3. The van der Waals surface area contributed by atoms with Crippen LogP contribution in [0, 0.1) is 5.92 Å². The fraction of sp³-hybridized carbons (Fsp3) is 0.900. The molecule has 1 unspecified atom stereocenters. The van der Waals surface area contributed by atoms with Crippen LogP contribution in [0.3, 0.4) is 0 Å². The van der Waals surface area contributed by atoms with Gasteiger partial charge in [0.05, 0.1) is 6.61 Å². The molecule has 0 aromatic carbocycles. The third-order valence-electron chi connectivity index (χ3n) is 2.55. The second-order valence-electron chi connectivity index (χ2n) is 4.01. The molecule has 1 heterocycles. The molecule has 3 nitrogen and oxygen atoms in total. The lowest BCUT2D eigenvalue weighted by Crippen LogP contribution is -2.38. The van der Waals surface area contributed by atoms with Gasteiger partial charge < -0.3 is 14.4 Å². The van der Waals surface area contributed by atoms with Gasteiger partial charge in [-0.05, 0) is 19.4 Å². The molecule has 6 heteroatoms. The van der Waals surface area contributed by atoms with Crippen LogP contribution >= 0.6 is 0 Å². The Bertz CT molecular complexity index is 221. The average molecular weight is 239 g/mol. The van der Waals surface area contributed by atoms with E-state index in [0.717, 1.165) is 25.7 Å². The lowest BCUT2D eigenvalue weighted by Gasteiger charge is -2.29. The number of hydrogen-bond acceptors (Lipinski definition) is 3. The van der Waals surface area contributed by atoms with Gasteiger partial charge in [-0.15, -0.1) is 0 Å². The highest BCUT2D eigenvalue weighted by molar-refractivity contribution is 5.53. The smallest absolute Gasteiger partial charge is 0.371 e. The molecule has 0 amide bonds. The van der Waals surface area contributed by atoms with E-state index in [1.54, 1.807) is 0 Å². The lowest BCUT2D eigenvalue weighted by atomic mass is 10.00. The average Bonchev–Trinajstić information content (AvgIpc) is 2.23. The van der Waals surface area contributed by atoms with Crippen LogP contribution < -0.4 is 0 Å². The van der Waals surface area contributed by atoms with E-state index in [9.17, 15) is 18.0 Å². The van der Waals surface area contributed by atoms with E-state index >= 15 is 0 Å². The van der Waals surface area contributed by atoms with Crippen LogP contribution in [0.4, 0.5) is 13.2 Å². The summed E-state index contributed by atoms with van der Waals surface area (Å²) in [5, 5.41) is 0. The standard InChI is InChI=1S/C10H16F3NO2/c11-10(12,13)8-16-5-4-14-3-1-2-9(6-14)7-15/h7,9H,1-6,8H2. The summed E-state index contributed by atoms with van der Waals surface area (Å²) in [4.78, 5) is 12.5. The van der Waals surface area contributed by atoms with Gasteiger partial charge in [-0.1, -0.05) is 0 Å². The van der Waals surface area contributed by atoms with Crippen molar-refractivity contribution in [2.75, 3.05) is 32.8 Å². The molecule has 0 saturated carbocycles. The van der Waals surface area contributed by atoms with Crippen molar-refractivity contribution in [3.05, 3.63) is 0 Å². The summed E-state index contributed by atoms with van der Waals surface area (Å²) in [6.07, 6.45) is -1.54. The van der Waals surface area contributed by atoms with Crippen molar-refractivity contribution in [1.82, 2.24) is 4.90 Å². The van der Waals surface area contributed by atoms with Crippen LogP contribution in [0.1, 0.15) is 12.8 Å². The minimum absolute atomic E-state index is 0.0244. The Morgan fingerprint density at radius 1 is 1.44 bits per heavy atom. The molecule has 0 aliphatic carbocycles. The van der Waals surface area contributed by atoms with Gasteiger partial charge in [0.2, 0.25) is 0 Å². The molecule has 1 rings (SSSR count). The zero-order chi connectivity index (χ0) is 12.0. The number of aldehydes is 1. The number of hydrogen-bond donors (Lipinski definition) is 0. The van der Waals surface area contributed by atoms with E-state index in [1.165, 1.54) is 0 Å². The normalized spacial score (nSPS) is 23.3. The number of nitrogens with zero attached hydrogens (tertiary/aromatic N) is 1. The Labute approximate surface area is 92.5 Å². The molecule has 0 bridgehead atoms. The summed E-state index contributed by atoms with van der Waals surface area (Å²) in [6, 6.07) is 0. The molecule has 1 aliphatic rings. The predicted molar refractivity (Wildman–Crippen MR) is 52.1 cm³/mol. The van der Waals surface area contributed by atoms with Crippen LogP contribution in [0.15, 0.2) is 0 Å². The van der Waals surface area contributed by atoms with Gasteiger partial charge in [0.15, 0.2) is 0 Å². The SMILES string of the molecule is O=CC1CCCN(CCOCC(F)(F)F)C1. The number of piperidine rings is 1. The molecule has 0 radical (unpaired) electrons. The Balaban J connectivity index is 2.10. The predicted octanol–water partition coefficient (Wildman–Crippen LogP) is 1.48. The summed E-state index contributed by atoms with van der Waals surface area (Å²) in [7, 11) is 0. The molecule has 0 aromatic heterocycles. The number of carbonyl (C=O) groups is 1. The summed E-state index contributed by atoms with van der Waals surface area (Å²) in [6.45, 7) is 0.794. The molecule has 0 N–H and O–H groups in total. The van der Waals surface area contributed by atoms with Gasteiger partial charge in [-0.25, -0.2) is 0 Å². The summed E-state index contributed by atoms with van der Waals surface area (Å²) >= 11 is 0. The molecule has 94 valence electrons.